The molecular formula is C15H23N3O3. The number of urea groups is 1. The van der Waals surface area contributed by atoms with Crippen LogP contribution in [0.5, 0.6) is 0 Å². The van der Waals surface area contributed by atoms with Gasteiger partial charge < -0.3 is 10.6 Å². The van der Waals surface area contributed by atoms with E-state index in [2.05, 4.69) is 10.6 Å². The molecule has 1 spiro atoms. The maximum atomic E-state index is 12.5. The van der Waals surface area contributed by atoms with Gasteiger partial charge in [0.2, 0.25) is 5.91 Å². The molecule has 3 rings (SSSR count). The van der Waals surface area contributed by atoms with Gasteiger partial charge in [0.1, 0.15) is 12.1 Å². The monoisotopic (exact) mass is 293 g/mol. The summed E-state index contributed by atoms with van der Waals surface area (Å²) in [5, 5.41) is 5.71. The summed E-state index contributed by atoms with van der Waals surface area (Å²) < 4.78 is 0. The molecule has 0 aromatic carbocycles. The van der Waals surface area contributed by atoms with Gasteiger partial charge in [-0.2, -0.15) is 0 Å². The third-order valence-electron chi connectivity index (χ3n) is 4.97. The molecule has 3 fully saturated rings. The van der Waals surface area contributed by atoms with Crippen LogP contribution in [-0.4, -0.2) is 40.9 Å². The summed E-state index contributed by atoms with van der Waals surface area (Å²) in [5.74, 6) is 0.0916. The maximum absolute atomic E-state index is 12.5. The highest BCUT2D eigenvalue weighted by molar-refractivity contribution is 6.09. The number of amides is 4. The Labute approximate surface area is 124 Å². The van der Waals surface area contributed by atoms with Crippen molar-refractivity contribution in [1.82, 2.24) is 15.5 Å². The van der Waals surface area contributed by atoms with E-state index in [4.69, 9.17) is 0 Å². The number of hydrogen-bond acceptors (Lipinski definition) is 3. The molecular weight excluding hydrogens is 270 g/mol. The summed E-state index contributed by atoms with van der Waals surface area (Å²) in [6.07, 6.45) is 6.67. The normalized spacial score (nSPS) is 25.9. The molecule has 116 valence electrons. The number of hydrogen-bond donors (Lipinski definition) is 2. The molecule has 6 heteroatoms. The van der Waals surface area contributed by atoms with Crippen molar-refractivity contribution < 1.29 is 14.4 Å². The Morgan fingerprint density at radius 1 is 1.33 bits per heavy atom. The highest BCUT2D eigenvalue weighted by atomic mass is 16.2. The predicted octanol–water partition coefficient (Wildman–Crippen LogP) is 1.16. The van der Waals surface area contributed by atoms with Crippen molar-refractivity contribution in [2.24, 2.45) is 5.92 Å². The molecule has 2 aliphatic carbocycles. The highest BCUT2D eigenvalue weighted by Gasteiger charge is 2.51. The van der Waals surface area contributed by atoms with Gasteiger partial charge in [0.05, 0.1) is 0 Å². The molecule has 1 aliphatic heterocycles. The van der Waals surface area contributed by atoms with E-state index in [0.717, 1.165) is 37.0 Å². The second-order valence-corrected chi connectivity index (χ2v) is 6.66. The summed E-state index contributed by atoms with van der Waals surface area (Å²) in [6, 6.07) is -0.293. The van der Waals surface area contributed by atoms with E-state index in [-0.39, 0.29) is 24.4 Å². The molecule has 21 heavy (non-hydrogen) atoms. The largest absolute Gasteiger partial charge is 0.352 e. The van der Waals surface area contributed by atoms with Crippen LogP contribution in [0.3, 0.4) is 0 Å². The predicted molar refractivity (Wildman–Crippen MR) is 76.4 cm³/mol. The first-order valence-electron chi connectivity index (χ1n) is 7.95. The Morgan fingerprint density at radius 3 is 2.62 bits per heavy atom. The molecule has 3 aliphatic rings. The van der Waals surface area contributed by atoms with E-state index in [9.17, 15) is 14.4 Å². The van der Waals surface area contributed by atoms with Gasteiger partial charge in [-0.05, 0) is 38.5 Å². The van der Waals surface area contributed by atoms with Crippen molar-refractivity contribution in [1.29, 1.82) is 0 Å². The Morgan fingerprint density at radius 2 is 2.00 bits per heavy atom. The first-order chi connectivity index (χ1) is 10.0. The third-order valence-corrected chi connectivity index (χ3v) is 4.97. The van der Waals surface area contributed by atoms with Gasteiger partial charge in [-0.15, -0.1) is 0 Å². The van der Waals surface area contributed by atoms with Crippen molar-refractivity contribution in [3.63, 3.8) is 0 Å². The number of imide groups is 1. The standard InChI is InChI=1S/C15H23N3O3/c1-10(11-5-6-11)16-12(19)9-18-13(20)15(17-14(18)21)7-3-2-4-8-15/h10-11H,2-9H2,1H3,(H,16,19)(H,17,21)/t10-/m1/s1. The first-order valence-corrected chi connectivity index (χ1v) is 7.95. The highest BCUT2D eigenvalue weighted by Crippen LogP contribution is 2.34. The average Bonchev–Trinajstić information content (AvgIpc) is 3.26. The van der Waals surface area contributed by atoms with Crippen LogP contribution in [0.1, 0.15) is 51.9 Å². The zero-order valence-corrected chi connectivity index (χ0v) is 12.5. The van der Waals surface area contributed by atoms with Crippen LogP contribution in [-0.2, 0) is 9.59 Å². The zero-order valence-electron chi connectivity index (χ0n) is 12.5. The summed E-state index contributed by atoms with van der Waals surface area (Å²) >= 11 is 0. The van der Waals surface area contributed by atoms with Crippen molar-refractivity contribution in [3.8, 4) is 0 Å². The fraction of sp³-hybridized carbons (Fsp3) is 0.800. The van der Waals surface area contributed by atoms with Crippen LogP contribution in [0.4, 0.5) is 4.79 Å². The molecule has 1 atom stereocenters. The smallest absolute Gasteiger partial charge is 0.325 e. The Hall–Kier alpha value is -1.59. The van der Waals surface area contributed by atoms with Crippen molar-refractivity contribution in [2.75, 3.05) is 6.54 Å². The van der Waals surface area contributed by atoms with Crippen LogP contribution >= 0.6 is 0 Å². The zero-order chi connectivity index (χ0) is 15.0. The summed E-state index contributed by atoms with van der Waals surface area (Å²) in [4.78, 5) is 37.7. The molecule has 0 aromatic heterocycles. The lowest BCUT2D eigenvalue weighted by atomic mass is 9.82. The Bertz CT molecular complexity index is 467. The molecule has 0 bridgehead atoms. The van der Waals surface area contributed by atoms with E-state index in [1.165, 1.54) is 0 Å². The van der Waals surface area contributed by atoms with Crippen LogP contribution in [0.25, 0.3) is 0 Å². The number of carbonyl (C=O) groups is 3. The lowest BCUT2D eigenvalue weighted by Crippen LogP contribution is -2.49. The quantitative estimate of drug-likeness (QED) is 0.763. The number of carbonyl (C=O) groups excluding carboxylic acids is 3. The van der Waals surface area contributed by atoms with Crippen molar-refractivity contribution in [3.05, 3.63) is 0 Å². The third kappa shape index (κ3) is 2.76. The van der Waals surface area contributed by atoms with Gasteiger partial charge >= 0.3 is 6.03 Å². The van der Waals surface area contributed by atoms with E-state index >= 15 is 0 Å². The van der Waals surface area contributed by atoms with Gasteiger partial charge in [-0.25, -0.2) is 4.79 Å². The minimum atomic E-state index is -0.738. The first kappa shape index (κ1) is 14.4. The van der Waals surface area contributed by atoms with Crippen molar-refractivity contribution >= 4 is 17.8 Å². The van der Waals surface area contributed by atoms with E-state index in [1.807, 2.05) is 6.92 Å². The van der Waals surface area contributed by atoms with E-state index in [1.54, 1.807) is 0 Å². The number of nitrogens with one attached hydrogen (secondary N) is 2. The summed E-state index contributed by atoms with van der Waals surface area (Å²) in [6.45, 7) is 1.81. The molecule has 2 N–H and O–H groups in total. The molecule has 6 nitrogen and oxygen atoms in total. The molecule has 0 radical (unpaired) electrons. The molecule has 0 aromatic rings. The van der Waals surface area contributed by atoms with Gasteiger partial charge in [-0.3, -0.25) is 14.5 Å². The number of nitrogens with zero attached hydrogens (tertiary/aromatic N) is 1. The average molecular weight is 293 g/mol. The van der Waals surface area contributed by atoms with Crippen LogP contribution in [0.15, 0.2) is 0 Å². The molecule has 2 saturated carbocycles. The van der Waals surface area contributed by atoms with E-state index in [0.29, 0.717) is 18.8 Å². The lowest BCUT2D eigenvalue weighted by Gasteiger charge is -2.30. The van der Waals surface area contributed by atoms with Crippen LogP contribution in [0, 0.1) is 5.92 Å². The maximum Gasteiger partial charge on any atom is 0.325 e. The molecule has 1 saturated heterocycles. The molecule has 4 amide bonds. The fourth-order valence-corrected chi connectivity index (χ4v) is 3.47. The minimum Gasteiger partial charge on any atom is -0.352 e. The second-order valence-electron chi connectivity index (χ2n) is 6.66. The van der Waals surface area contributed by atoms with Gasteiger partial charge in [-0.1, -0.05) is 19.3 Å². The summed E-state index contributed by atoms with van der Waals surface area (Å²) in [5.41, 5.74) is -0.738. The van der Waals surface area contributed by atoms with Gasteiger partial charge in [0.15, 0.2) is 0 Å². The molecule has 0 unspecified atom stereocenters. The molecule has 1 heterocycles. The van der Waals surface area contributed by atoms with Crippen LogP contribution < -0.4 is 10.6 Å². The topological polar surface area (TPSA) is 78.5 Å². The van der Waals surface area contributed by atoms with Gasteiger partial charge in [0.25, 0.3) is 5.91 Å². The lowest BCUT2D eigenvalue weighted by molar-refractivity contribution is -0.136. The van der Waals surface area contributed by atoms with E-state index < -0.39 is 11.6 Å². The fourth-order valence-electron chi connectivity index (χ4n) is 3.47. The number of rotatable bonds is 4. The van der Waals surface area contributed by atoms with Crippen LogP contribution in [0.2, 0.25) is 0 Å². The van der Waals surface area contributed by atoms with Gasteiger partial charge in [0, 0.05) is 6.04 Å². The SMILES string of the molecule is C[C@@H](NC(=O)CN1C(=O)NC2(CCCCC2)C1=O)C1CC1. The van der Waals surface area contributed by atoms with Crippen molar-refractivity contribution in [2.45, 2.75) is 63.5 Å². The minimum absolute atomic E-state index is 0.127. The second kappa shape index (κ2) is 5.31. The Kier molecular flexibility index (Phi) is 3.63. The summed E-state index contributed by atoms with van der Waals surface area (Å²) in [7, 11) is 0. The Balaban J connectivity index is 1.60.